The summed E-state index contributed by atoms with van der Waals surface area (Å²) < 4.78 is 1.28. The Morgan fingerprint density at radius 1 is 1.67 bits per heavy atom. The van der Waals surface area contributed by atoms with Crippen LogP contribution >= 0.6 is 33.9 Å². The van der Waals surface area contributed by atoms with E-state index in [1.54, 1.807) is 11.3 Å². The van der Waals surface area contributed by atoms with E-state index in [9.17, 15) is 4.79 Å². The van der Waals surface area contributed by atoms with Crippen LogP contribution in [0.3, 0.4) is 0 Å². The van der Waals surface area contributed by atoms with Crippen LogP contribution in [-0.4, -0.2) is 18.5 Å². The molecule has 1 unspecified atom stereocenters. The number of carbonyl (C=O) groups excluding carboxylic acids is 1. The lowest BCUT2D eigenvalue weighted by Gasteiger charge is -2.06. The molecule has 1 rings (SSSR count). The molecule has 1 aromatic heterocycles. The number of nitrogens with two attached hydrogens (primary N) is 1. The number of thiophene rings is 1. The van der Waals surface area contributed by atoms with Crippen LogP contribution in [0.25, 0.3) is 0 Å². The number of carbonyl (C=O) groups is 1. The van der Waals surface area contributed by atoms with Crippen molar-refractivity contribution in [2.45, 2.75) is 25.8 Å². The Morgan fingerprint density at radius 3 is 2.93 bits per heavy atom. The van der Waals surface area contributed by atoms with Crippen molar-refractivity contribution < 1.29 is 4.79 Å². The second-order valence-corrected chi connectivity index (χ2v) is 6.55. The van der Waals surface area contributed by atoms with Gasteiger partial charge in [0.05, 0.1) is 2.88 Å². The predicted octanol–water partition coefficient (Wildman–Crippen LogP) is 1.75. The van der Waals surface area contributed by atoms with Gasteiger partial charge in [0, 0.05) is 23.9 Å². The van der Waals surface area contributed by atoms with Crippen LogP contribution in [0.1, 0.15) is 18.2 Å². The lowest BCUT2D eigenvalue weighted by Crippen LogP contribution is -2.31. The number of halogens is 1. The van der Waals surface area contributed by atoms with Crippen LogP contribution in [-0.2, 0) is 11.2 Å². The Kier molecular flexibility index (Phi) is 5.55. The lowest BCUT2D eigenvalue weighted by atomic mass is 10.2. The van der Waals surface area contributed by atoms with E-state index in [-0.39, 0.29) is 11.9 Å². The zero-order valence-electron chi connectivity index (χ0n) is 8.63. The fourth-order valence-electron chi connectivity index (χ4n) is 1.18. The molecule has 1 atom stereocenters. The fourth-order valence-corrected chi connectivity index (χ4v) is 2.93. The molecular formula is C10H15IN2OS. The highest BCUT2D eigenvalue weighted by molar-refractivity contribution is 14.1. The standard InChI is InChI=1S/C10H15IN2OS/c1-7(12)6-10(14)13-5-4-8-2-3-9(11)15-8/h2-3,7H,4-6,12H2,1H3,(H,13,14). The monoisotopic (exact) mass is 338 g/mol. The molecule has 0 bridgehead atoms. The van der Waals surface area contributed by atoms with E-state index in [2.05, 4.69) is 40.0 Å². The van der Waals surface area contributed by atoms with Crippen LogP contribution < -0.4 is 11.1 Å². The fraction of sp³-hybridized carbons (Fsp3) is 0.500. The van der Waals surface area contributed by atoms with Crippen LogP contribution in [0.2, 0.25) is 0 Å². The highest BCUT2D eigenvalue weighted by atomic mass is 127. The van der Waals surface area contributed by atoms with Gasteiger partial charge in [-0.15, -0.1) is 11.3 Å². The Labute approximate surface area is 108 Å². The van der Waals surface area contributed by atoms with E-state index >= 15 is 0 Å². The van der Waals surface area contributed by atoms with Crippen molar-refractivity contribution in [3.8, 4) is 0 Å². The van der Waals surface area contributed by atoms with E-state index < -0.39 is 0 Å². The second kappa shape index (κ2) is 6.44. The number of amides is 1. The van der Waals surface area contributed by atoms with Gasteiger partial charge in [0.15, 0.2) is 0 Å². The minimum atomic E-state index is -0.0623. The Hall–Kier alpha value is -0.140. The Balaban J connectivity index is 2.19. The largest absolute Gasteiger partial charge is 0.356 e. The summed E-state index contributed by atoms with van der Waals surface area (Å²) in [7, 11) is 0. The van der Waals surface area contributed by atoms with Crippen molar-refractivity contribution in [1.82, 2.24) is 5.32 Å². The SMILES string of the molecule is CC(N)CC(=O)NCCc1ccc(I)s1. The summed E-state index contributed by atoms with van der Waals surface area (Å²) >= 11 is 4.06. The highest BCUT2D eigenvalue weighted by Gasteiger charge is 2.04. The number of hydrogen-bond acceptors (Lipinski definition) is 3. The Morgan fingerprint density at radius 2 is 2.40 bits per heavy atom. The Bertz CT molecular complexity index is 325. The molecule has 0 aliphatic rings. The smallest absolute Gasteiger partial charge is 0.221 e. The molecule has 3 N–H and O–H groups in total. The first-order valence-electron chi connectivity index (χ1n) is 4.84. The predicted molar refractivity (Wildman–Crippen MR) is 72.0 cm³/mol. The summed E-state index contributed by atoms with van der Waals surface area (Å²) in [4.78, 5) is 12.6. The van der Waals surface area contributed by atoms with Crippen LogP contribution in [0, 0.1) is 2.88 Å². The van der Waals surface area contributed by atoms with Crippen LogP contribution in [0.5, 0.6) is 0 Å². The van der Waals surface area contributed by atoms with Gasteiger partial charge in [-0.25, -0.2) is 0 Å². The molecule has 0 fully saturated rings. The third-order valence-corrected chi connectivity index (χ3v) is 3.78. The molecule has 84 valence electrons. The van der Waals surface area contributed by atoms with Gasteiger partial charge in [0.1, 0.15) is 0 Å². The quantitative estimate of drug-likeness (QED) is 0.804. The van der Waals surface area contributed by atoms with Gasteiger partial charge in [0.2, 0.25) is 5.91 Å². The zero-order valence-corrected chi connectivity index (χ0v) is 11.6. The molecule has 0 saturated carbocycles. The van der Waals surface area contributed by atoms with Crippen molar-refractivity contribution in [3.05, 3.63) is 19.9 Å². The molecule has 0 aliphatic carbocycles. The normalized spacial score (nSPS) is 12.5. The van der Waals surface area contributed by atoms with Crippen molar-refractivity contribution in [2.75, 3.05) is 6.54 Å². The van der Waals surface area contributed by atoms with Crippen molar-refractivity contribution >= 4 is 39.8 Å². The number of nitrogens with one attached hydrogen (secondary N) is 1. The van der Waals surface area contributed by atoms with E-state index in [1.165, 1.54) is 7.76 Å². The van der Waals surface area contributed by atoms with Gasteiger partial charge in [0.25, 0.3) is 0 Å². The first-order valence-corrected chi connectivity index (χ1v) is 6.74. The van der Waals surface area contributed by atoms with Crippen molar-refractivity contribution in [1.29, 1.82) is 0 Å². The average molecular weight is 338 g/mol. The maximum Gasteiger partial charge on any atom is 0.221 e. The van der Waals surface area contributed by atoms with Gasteiger partial charge in [-0.3, -0.25) is 4.79 Å². The lowest BCUT2D eigenvalue weighted by molar-refractivity contribution is -0.121. The third-order valence-electron chi connectivity index (χ3n) is 1.83. The average Bonchev–Trinajstić information content (AvgIpc) is 2.50. The second-order valence-electron chi connectivity index (χ2n) is 3.49. The molecule has 3 nitrogen and oxygen atoms in total. The minimum absolute atomic E-state index is 0.0382. The van der Waals surface area contributed by atoms with E-state index in [0.717, 1.165) is 6.42 Å². The summed E-state index contributed by atoms with van der Waals surface area (Å²) in [6, 6.07) is 4.13. The molecule has 15 heavy (non-hydrogen) atoms. The summed E-state index contributed by atoms with van der Waals surface area (Å²) in [6.45, 7) is 2.53. The zero-order chi connectivity index (χ0) is 11.3. The van der Waals surface area contributed by atoms with Gasteiger partial charge in [-0.05, 0) is 48.1 Å². The molecule has 0 radical (unpaired) electrons. The van der Waals surface area contributed by atoms with Gasteiger partial charge < -0.3 is 11.1 Å². The van der Waals surface area contributed by atoms with Crippen LogP contribution in [0.4, 0.5) is 0 Å². The molecule has 0 saturated heterocycles. The molecule has 5 heteroatoms. The summed E-state index contributed by atoms with van der Waals surface area (Å²) in [5.74, 6) is 0.0382. The number of rotatable bonds is 5. The molecule has 0 aromatic carbocycles. The molecular weight excluding hydrogens is 323 g/mol. The highest BCUT2D eigenvalue weighted by Crippen LogP contribution is 2.18. The maximum atomic E-state index is 11.3. The number of hydrogen-bond donors (Lipinski definition) is 2. The van der Waals surface area contributed by atoms with Gasteiger partial charge in [-0.1, -0.05) is 0 Å². The molecule has 0 aliphatic heterocycles. The maximum absolute atomic E-state index is 11.3. The topological polar surface area (TPSA) is 55.1 Å². The molecule has 1 heterocycles. The van der Waals surface area contributed by atoms with E-state index in [1.807, 2.05) is 6.92 Å². The van der Waals surface area contributed by atoms with Crippen molar-refractivity contribution in [3.63, 3.8) is 0 Å². The van der Waals surface area contributed by atoms with E-state index in [4.69, 9.17) is 5.73 Å². The first kappa shape index (κ1) is 12.9. The minimum Gasteiger partial charge on any atom is -0.356 e. The van der Waals surface area contributed by atoms with Crippen LogP contribution in [0.15, 0.2) is 12.1 Å². The molecule has 0 spiro atoms. The summed E-state index contributed by atoms with van der Waals surface area (Å²) in [6.07, 6.45) is 1.31. The molecule has 1 amide bonds. The van der Waals surface area contributed by atoms with Gasteiger partial charge >= 0.3 is 0 Å². The first-order chi connectivity index (χ1) is 7.08. The third kappa shape index (κ3) is 5.48. The summed E-state index contributed by atoms with van der Waals surface area (Å²) in [5.41, 5.74) is 5.52. The van der Waals surface area contributed by atoms with E-state index in [0.29, 0.717) is 13.0 Å². The van der Waals surface area contributed by atoms with Gasteiger partial charge in [-0.2, -0.15) is 0 Å². The van der Waals surface area contributed by atoms with Crippen molar-refractivity contribution in [2.24, 2.45) is 5.73 Å². The molecule has 1 aromatic rings. The summed E-state index contributed by atoms with van der Waals surface area (Å²) in [5, 5.41) is 2.86.